The second kappa shape index (κ2) is 7.41. The van der Waals surface area contributed by atoms with Gasteiger partial charge in [-0.05, 0) is 60.4 Å². The van der Waals surface area contributed by atoms with Crippen molar-refractivity contribution >= 4 is 17.2 Å². The van der Waals surface area contributed by atoms with Crippen LogP contribution in [-0.4, -0.2) is 20.3 Å². The third-order valence-electron chi connectivity index (χ3n) is 4.46. The summed E-state index contributed by atoms with van der Waals surface area (Å²) in [5.41, 5.74) is 5.93. The maximum absolute atomic E-state index is 12.4. The number of hydrogen-bond acceptors (Lipinski definition) is 3. The smallest absolute Gasteiger partial charge is 0.230 e. The van der Waals surface area contributed by atoms with Gasteiger partial charge in [-0.15, -0.1) is 0 Å². The minimum atomic E-state index is -0.0713. The summed E-state index contributed by atoms with van der Waals surface area (Å²) in [5, 5.41) is 2.94. The lowest BCUT2D eigenvalue weighted by Gasteiger charge is -2.06. The predicted molar refractivity (Wildman–Crippen MR) is 106 cm³/mol. The number of aryl methyl sites for hydroxylation is 1. The van der Waals surface area contributed by atoms with Crippen LogP contribution in [-0.2, 0) is 17.6 Å². The Hall–Kier alpha value is -3.47. The third-order valence-corrected chi connectivity index (χ3v) is 4.46. The van der Waals surface area contributed by atoms with Crippen LogP contribution in [0.2, 0.25) is 0 Å². The average molecular weight is 356 g/mol. The van der Waals surface area contributed by atoms with Crippen LogP contribution in [0.3, 0.4) is 0 Å². The first-order valence-corrected chi connectivity index (χ1v) is 8.88. The van der Waals surface area contributed by atoms with Crippen molar-refractivity contribution in [3.63, 3.8) is 0 Å². The molecule has 3 aromatic heterocycles. The fraction of sp³-hybridized carbons (Fsp3) is 0.136. The number of aromatic nitrogens is 3. The van der Waals surface area contributed by atoms with E-state index >= 15 is 0 Å². The molecule has 0 bridgehead atoms. The summed E-state index contributed by atoms with van der Waals surface area (Å²) < 4.78 is 1.95. The van der Waals surface area contributed by atoms with Crippen molar-refractivity contribution in [3.8, 4) is 0 Å². The van der Waals surface area contributed by atoms with Crippen molar-refractivity contribution in [3.05, 3.63) is 95.7 Å². The summed E-state index contributed by atoms with van der Waals surface area (Å²) in [7, 11) is 0. The highest BCUT2D eigenvalue weighted by atomic mass is 16.1. The quantitative estimate of drug-likeness (QED) is 0.591. The molecule has 5 nitrogen and oxygen atoms in total. The number of hydrogen-bond donors (Lipinski definition) is 1. The number of nitrogens with one attached hydrogen (secondary N) is 1. The lowest BCUT2D eigenvalue weighted by Crippen LogP contribution is -2.14. The van der Waals surface area contributed by atoms with Gasteiger partial charge in [-0.1, -0.05) is 18.2 Å². The number of fused-ring (bicyclic) bond motifs is 1. The van der Waals surface area contributed by atoms with Crippen LogP contribution in [0.5, 0.6) is 0 Å². The van der Waals surface area contributed by atoms with Crippen molar-refractivity contribution < 1.29 is 4.79 Å². The van der Waals surface area contributed by atoms with Gasteiger partial charge in [0.1, 0.15) is 5.65 Å². The van der Waals surface area contributed by atoms with Gasteiger partial charge in [0, 0.05) is 30.5 Å². The first-order valence-electron chi connectivity index (χ1n) is 8.88. The number of nitrogens with zero attached hydrogens (tertiary/aromatic N) is 3. The van der Waals surface area contributed by atoms with Gasteiger partial charge < -0.3 is 9.72 Å². The molecule has 4 aromatic rings. The van der Waals surface area contributed by atoms with Gasteiger partial charge in [-0.2, -0.15) is 0 Å². The van der Waals surface area contributed by atoms with Crippen molar-refractivity contribution in [1.82, 2.24) is 14.4 Å². The maximum Gasteiger partial charge on any atom is 0.230 e. The second-order valence-corrected chi connectivity index (χ2v) is 6.61. The van der Waals surface area contributed by atoms with Crippen molar-refractivity contribution in [2.45, 2.75) is 19.8 Å². The Balaban J connectivity index is 1.39. The van der Waals surface area contributed by atoms with E-state index < -0.39 is 0 Å². The molecule has 0 aliphatic rings. The molecule has 3 heterocycles. The molecule has 134 valence electrons. The van der Waals surface area contributed by atoms with Crippen LogP contribution in [0.1, 0.15) is 22.4 Å². The molecule has 0 saturated heterocycles. The first-order chi connectivity index (χ1) is 13.2. The van der Waals surface area contributed by atoms with E-state index in [2.05, 4.69) is 15.3 Å². The van der Waals surface area contributed by atoms with Crippen molar-refractivity contribution in [1.29, 1.82) is 0 Å². The number of benzene rings is 1. The molecule has 1 N–H and O–H groups in total. The highest BCUT2D eigenvalue weighted by Gasteiger charge is 2.09. The molecule has 4 rings (SSSR count). The van der Waals surface area contributed by atoms with Crippen LogP contribution in [0, 0.1) is 6.92 Å². The van der Waals surface area contributed by atoms with E-state index in [4.69, 9.17) is 0 Å². The van der Waals surface area contributed by atoms with Gasteiger partial charge in [0.05, 0.1) is 12.1 Å². The predicted octanol–water partition coefficient (Wildman–Crippen LogP) is 3.81. The fourth-order valence-corrected chi connectivity index (χ4v) is 3.10. The zero-order valence-corrected chi connectivity index (χ0v) is 15.1. The van der Waals surface area contributed by atoms with E-state index in [0.717, 1.165) is 29.0 Å². The van der Waals surface area contributed by atoms with Gasteiger partial charge in [0.25, 0.3) is 0 Å². The van der Waals surface area contributed by atoms with Crippen molar-refractivity contribution in [2.75, 3.05) is 5.32 Å². The molecule has 1 aromatic carbocycles. The Morgan fingerprint density at radius 1 is 1.04 bits per heavy atom. The molecule has 0 unspecified atom stereocenters. The summed E-state index contributed by atoms with van der Waals surface area (Å²) in [6.07, 6.45) is 8.53. The number of anilines is 1. The van der Waals surface area contributed by atoms with Crippen LogP contribution in [0.25, 0.3) is 5.65 Å². The van der Waals surface area contributed by atoms with Crippen LogP contribution >= 0.6 is 0 Å². The Morgan fingerprint density at radius 3 is 2.52 bits per heavy atom. The number of imidazole rings is 1. The molecular formula is C22H20N4O. The lowest BCUT2D eigenvalue weighted by atomic mass is 10.1. The Morgan fingerprint density at radius 2 is 1.78 bits per heavy atom. The molecule has 0 radical (unpaired) electrons. The molecule has 0 saturated carbocycles. The summed E-state index contributed by atoms with van der Waals surface area (Å²) in [5.74, 6) is -0.0713. The topological polar surface area (TPSA) is 59.3 Å². The fourth-order valence-electron chi connectivity index (χ4n) is 3.10. The van der Waals surface area contributed by atoms with Crippen LogP contribution < -0.4 is 5.32 Å². The van der Waals surface area contributed by atoms with E-state index in [1.807, 2.05) is 72.2 Å². The number of rotatable bonds is 5. The van der Waals surface area contributed by atoms with Crippen LogP contribution in [0.15, 0.2) is 73.3 Å². The molecule has 0 fully saturated rings. The molecule has 0 aliphatic carbocycles. The zero-order chi connectivity index (χ0) is 18.6. The molecular weight excluding hydrogens is 336 g/mol. The van der Waals surface area contributed by atoms with Gasteiger partial charge in [-0.3, -0.25) is 9.78 Å². The summed E-state index contributed by atoms with van der Waals surface area (Å²) >= 11 is 0. The highest BCUT2D eigenvalue weighted by Crippen LogP contribution is 2.14. The average Bonchev–Trinajstić information content (AvgIpc) is 3.08. The minimum absolute atomic E-state index is 0.0713. The third kappa shape index (κ3) is 4.03. The van der Waals surface area contributed by atoms with Crippen molar-refractivity contribution in [2.24, 2.45) is 0 Å². The molecule has 0 atom stereocenters. The van der Waals surface area contributed by atoms with Gasteiger partial charge in [0.15, 0.2) is 0 Å². The number of amides is 1. The second-order valence-electron chi connectivity index (χ2n) is 6.61. The van der Waals surface area contributed by atoms with E-state index in [9.17, 15) is 4.79 Å². The normalized spacial score (nSPS) is 10.9. The number of carbonyl (C=O) groups is 1. The summed E-state index contributed by atoms with van der Waals surface area (Å²) in [4.78, 5) is 20.9. The molecule has 5 heteroatoms. The van der Waals surface area contributed by atoms with Gasteiger partial charge in [-0.25, -0.2) is 4.98 Å². The van der Waals surface area contributed by atoms with Gasteiger partial charge >= 0.3 is 0 Å². The molecule has 0 spiro atoms. The van der Waals surface area contributed by atoms with E-state index in [1.54, 1.807) is 12.4 Å². The Kier molecular flexibility index (Phi) is 4.66. The standard InChI is InChI=1S/C22H20N4O/c1-16-3-2-12-26-15-20(25-22(16)26)14-21(27)24-19-6-4-17(5-7-19)13-18-8-10-23-11-9-18/h2-12,15H,13-14H2,1H3,(H,24,27). The highest BCUT2D eigenvalue weighted by molar-refractivity contribution is 5.92. The summed E-state index contributed by atoms with van der Waals surface area (Å²) in [6, 6.07) is 15.9. The van der Waals surface area contributed by atoms with E-state index in [1.165, 1.54) is 11.1 Å². The first kappa shape index (κ1) is 17.0. The Labute approximate surface area is 157 Å². The Bertz CT molecular complexity index is 1070. The van der Waals surface area contributed by atoms with E-state index in [0.29, 0.717) is 0 Å². The molecule has 1 amide bonds. The molecule has 27 heavy (non-hydrogen) atoms. The minimum Gasteiger partial charge on any atom is -0.326 e. The lowest BCUT2D eigenvalue weighted by molar-refractivity contribution is -0.115. The SMILES string of the molecule is Cc1cccn2cc(CC(=O)Nc3ccc(Cc4ccncc4)cc3)nc12. The monoisotopic (exact) mass is 356 g/mol. The number of pyridine rings is 2. The molecule has 0 aliphatic heterocycles. The van der Waals surface area contributed by atoms with E-state index in [-0.39, 0.29) is 12.3 Å². The zero-order valence-electron chi connectivity index (χ0n) is 15.1. The maximum atomic E-state index is 12.4. The summed E-state index contributed by atoms with van der Waals surface area (Å²) in [6.45, 7) is 2.01. The number of carbonyl (C=O) groups excluding carboxylic acids is 1. The van der Waals surface area contributed by atoms with Gasteiger partial charge in [0.2, 0.25) is 5.91 Å². The van der Waals surface area contributed by atoms with Crippen LogP contribution in [0.4, 0.5) is 5.69 Å². The largest absolute Gasteiger partial charge is 0.326 e.